The van der Waals surface area contributed by atoms with E-state index in [1.807, 2.05) is 6.92 Å². The molecule has 0 atom stereocenters. The zero-order valence-electron chi connectivity index (χ0n) is 9.74. The average molecular weight is 231 g/mol. The van der Waals surface area contributed by atoms with E-state index in [0.29, 0.717) is 11.1 Å². The highest BCUT2D eigenvalue weighted by atomic mass is 16.5. The maximum absolute atomic E-state index is 11.3. The molecule has 17 heavy (non-hydrogen) atoms. The summed E-state index contributed by atoms with van der Waals surface area (Å²) in [6.45, 7) is 1.87. The van der Waals surface area contributed by atoms with Gasteiger partial charge in [-0.05, 0) is 24.6 Å². The average Bonchev–Trinajstić information content (AvgIpc) is 2.30. The summed E-state index contributed by atoms with van der Waals surface area (Å²) < 4.78 is 4.61. The molecule has 4 nitrogen and oxygen atoms in total. The van der Waals surface area contributed by atoms with Crippen LogP contribution in [0.4, 0.5) is 0 Å². The third-order valence-electron chi connectivity index (χ3n) is 2.14. The molecule has 0 fully saturated rings. The van der Waals surface area contributed by atoms with Crippen molar-refractivity contribution in [2.24, 2.45) is 5.73 Å². The van der Waals surface area contributed by atoms with Gasteiger partial charge in [-0.25, -0.2) is 4.79 Å². The van der Waals surface area contributed by atoms with Crippen molar-refractivity contribution in [3.63, 3.8) is 0 Å². The van der Waals surface area contributed by atoms with Gasteiger partial charge in [0.15, 0.2) is 0 Å². The summed E-state index contributed by atoms with van der Waals surface area (Å²) in [5.41, 5.74) is 7.03. The molecule has 0 spiro atoms. The van der Waals surface area contributed by atoms with Gasteiger partial charge in [0.2, 0.25) is 5.91 Å². The van der Waals surface area contributed by atoms with E-state index in [2.05, 4.69) is 16.6 Å². The first-order valence-electron chi connectivity index (χ1n) is 5.00. The number of rotatable bonds is 2. The number of benzene rings is 1. The van der Waals surface area contributed by atoms with Gasteiger partial charge in [0.05, 0.1) is 19.1 Å². The molecule has 1 amide bonds. The van der Waals surface area contributed by atoms with Crippen LogP contribution in [0.3, 0.4) is 0 Å². The topological polar surface area (TPSA) is 69.4 Å². The van der Waals surface area contributed by atoms with Crippen LogP contribution in [0.2, 0.25) is 0 Å². The predicted octanol–water partition coefficient (Wildman–Crippen LogP) is 1.01. The fourth-order valence-corrected chi connectivity index (χ4v) is 1.23. The number of nitrogens with two attached hydrogens (primary N) is 1. The standard InChI is InChI=1S/C13H13NO3/c1-9-6-7-11(13(16)17-2)8-10(9)4-3-5-12(14)15/h6-8H,5H2,1-2H3,(H2,14,15). The van der Waals surface area contributed by atoms with Crippen molar-refractivity contribution in [1.82, 2.24) is 0 Å². The molecular weight excluding hydrogens is 218 g/mol. The van der Waals surface area contributed by atoms with Crippen molar-refractivity contribution in [1.29, 1.82) is 0 Å². The minimum Gasteiger partial charge on any atom is -0.465 e. The molecule has 0 aliphatic rings. The first-order valence-corrected chi connectivity index (χ1v) is 5.00. The van der Waals surface area contributed by atoms with Crippen molar-refractivity contribution >= 4 is 11.9 Å². The third-order valence-corrected chi connectivity index (χ3v) is 2.14. The lowest BCUT2D eigenvalue weighted by Gasteiger charge is -2.02. The molecule has 88 valence electrons. The Balaban J connectivity index is 3.01. The smallest absolute Gasteiger partial charge is 0.337 e. The summed E-state index contributed by atoms with van der Waals surface area (Å²) >= 11 is 0. The van der Waals surface area contributed by atoms with Crippen LogP contribution in [0.1, 0.15) is 27.9 Å². The molecule has 0 aliphatic heterocycles. The Kier molecular flexibility index (Phi) is 4.29. The van der Waals surface area contributed by atoms with Gasteiger partial charge in [-0.1, -0.05) is 17.9 Å². The van der Waals surface area contributed by atoms with Crippen molar-refractivity contribution in [2.45, 2.75) is 13.3 Å². The highest BCUT2D eigenvalue weighted by Gasteiger charge is 2.06. The van der Waals surface area contributed by atoms with Gasteiger partial charge in [0, 0.05) is 5.56 Å². The van der Waals surface area contributed by atoms with E-state index < -0.39 is 11.9 Å². The lowest BCUT2D eigenvalue weighted by molar-refractivity contribution is -0.117. The highest BCUT2D eigenvalue weighted by Crippen LogP contribution is 2.11. The number of primary amides is 1. The quantitative estimate of drug-likeness (QED) is 0.610. The number of methoxy groups -OCH3 is 1. The van der Waals surface area contributed by atoms with Crippen LogP contribution < -0.4 is 5.73 Å². The van der Waals surface area contributed by atoms with Crippen molar-refractivity contribution in [2.75, 3.05) is 7.11 Å². The van der Waals surface area contributed by atoms with Crippen LogP contribution in [0.15, 0.2) is 18.2 Å². The Morgan fingerprint density at radius 1 is 1.41 bits per heavy atom. The molecule has 1 aromatic rings. The molecule has 0 radical (unpaired) electrons. The second-order valence-corrected chi connectivity index (χ2v) is 3.47. The van der Waals surface area contributed by atoms with Gasteiger partial charge in [-0.2, -0.15) is 0 Å². The summed E-state index contributed by atoms with van der Waals surface area (Å²) in [5.74, 6) is 4.57. The van der Waals surface area contributed by atoms with Gasteiger partial charge >= 0.3 is 5.97 Å². The molecule has 0 saturated heterocycles. The second-order valence-electron chi connectivity index (χ2n) is 3.47. The molecule has 0 unspecified atom stereocenters. The van der Waals surface area contributed by atoms with Crippen LogP contribution >= 0.6 is 0 Å². The predicted molar refractivity (Wildman–Crippen MR) is 63.2 cm³/mol. The van der Waals surface area contributed by atoms with Gasteiger partial charge in [0.1, 0.15) is 0 Å². The molecular formula is C13H13NO3. The summed E-state index contributed by atoms with van der Waals surface area (Å²) in [6.07, 6.45) is 0.00188. The molecule has 0 aromatic heterocycles. The molecule has 0 heterocycles. The first kappa shape index (κ1) is 12.8. The second kappa shape index (κ2) is 5.71. The van der Waals surface area contributed by atoms with E-state index in [1.54, 1.807) is 18.2 Å². The Bertz CT molecular complexity index is 509. The number of aryl methyl sites for hydroxylation is 1. The molecule has 0 aliphatic carbocycles. The number of carbonyl (C=O) groups excluding carboxylic acids is 2. The third kappa shape index (κ3) is 3.65. The lowest BCUT2D eigenvalue weighted by atomic mass is 10.1. The van der Waals surface area contributed by atoms with Crippen LogP contribution in [0.25, 0.3) is 0 Å². The number of ether oxygens (including phenoxy) is 1. The van der Waals surface area contributed by atoms with Crippen LogP contribution in [0, 0.1) is 18.8 Å². The van der Waals surface area contributed by atoms with Crippen molar-refractivity contribution < 1.29 is 14.3 Å². The molecule has 1 rings (SSSR count). The zero-order valence-corrected chi connectivity index (χ0v) is 9.74. The summed E-state index contributed by atoms with van der Waals surface area (Å²) in [4.78, 5) is 21.9. The molecule has 0 saturated carbocycles. The van der Waals surface area contributed by atoms with Crippen LogP contribution in [-0.4, -0.2) is 19.0 Å². The number of amides is 1. The Morgan fingerprint density at radius 2 is 2.12 bits per heavy atom. The van der Waals surface area contributed by atoms with E-state index in [1.165, 1.54) is 7.11 Å². The van der Waals surface area contributed by atoms with E-state index in [4.69, 9.17) is 5.73 Å². The fourth-order valence-electron chi connectivity index (χ4n) is 1.23. The summed E-state index contributed by atoms with van der Waals surface area (Å²) in [6, 6.07) is 5.08. The first-order chi connectivity index (χ1) is 8.04. The SMILES string of the molecule is COC(=O)c1ccc(C)c(C#CCC(N)=O)c1. The van der Waals surface area contributed by atoms with Gasteiger partial charge in [-0.15, -0.1) is 0 Å². The molecule has 0 bridgehead atoms. The Labute approximate surface area is 99.8 Å². The zero-order chi connectivity index (χ0) is 12.8. The van der Waals surface area contributed by atoms with Crippen LogP contribution in [0.5, 0.6) is 0 Å². The van der Waals surface area contributed by atoms with Gasteiger partial charge < -0.3 is 10.5 Å². The highest BCUT2D eigenvalue weighted by molar-refractivity contribution is 5.89. The minimum absolute atomic E-state index is 0.00188. The maximum Gasteiger partial charge on any atom is 0.337 e. The van der Waals surface area contributed by atoms with E-state index in [-0.39, 0.29) is 6.42 Å². The normalized spacial score (nSPS) is 9.06. The number of esters is 1. The molecule has 1 aromatic carbocycles. The van der Waals surface area contributed by atoms with E-state index >= 15 is 0 Å². The number of carbonyl (C=O) groups is 2. The van der Waals surface area contributed by atoms with E-state index in [9.17, 15) is 9.59 Å². The fraction of sp³-hybridized carbons (Fsp3) is 0.231. The van der Waals surface area contributed by atoms with Gasteiger partial charge in [-0.3, -0.25) is 4.79 Å². The minimum atomic E-state index is -0.473. The maximum atomic E-state index is 11.3. The summed E-state index contributed by atoms with van der Waals surface area (Å²) in [7, 11) is 1.32. The molecule has 4 heteroatoms. The Hall–Kier alpha value is -2.28. The Morgan fingerprint density at radius 3 is 2.71 bits per heavy atom. The van der Waals surface area contributed by atoms with Crippen molar-refractivity contribution in [3.05, 3.63) is 34.9 Å². The number of hydrogen-bond donors (Lipinski definition) is 1. The lowest BCUT2D eigenvalue weighted by Crippen LogP contribution is -2.08. The monoisotopic (exact) mass is 231 g/mol. The van der Waals surface area contributed by atoms with Gasteiger partial charge in [0.25, 0.3) is 0 Å². The molecule has 2 N–H and O–H groups in total. The van der Waals surface area contributed by atoms with Crippen LogP contribution in [-0.2, 0) is 9.53 Å². The van der Waals surface area contributed by atoms with Crippen molar-refractivity contribution in [3.8, 4) is 11.8 Å². The van der Waals surface area contributed by atoms with E-state index in [0.717, 1.165) is 5.56 Å². The largest absolute Gasteiger partial charge is 0.465 e. The number of hydrogen-bond acceptors (Lipinski definition) is 3. The summed E-state index contributed by atoms with van der Waals surface area (Å²) in [5, 5.41) is 0.